The van der Waals surface area contributed by atoms with Crippen molar-refractivity contribution in [3.63, 3.8) is 0 Å². The number of nitrogens with one attached hydrogen (secondary N) is 2. The van der Waals surface area contributed by atoms with E-state index in [4.69, 9.17) is 0 Å². The normalized spacial score (nSPS) is 10.6. The maximum atomic E-state index is 13.2. The highest BCUT2D eigenvalue weighted by molar-refractivity contribution is 6.16. The van der Waals surface area contributed by atoms with Gasteiger partial charge >= 0.3 is 0 Å². The molecule has 0 saturated heterocycles. The summed E-state index contributed by atoms with van der Waals surface area (Å²) in [5, 5.41) is 7.09. The van der Waals surface area contributed by atoms with Crippen molar-refractivity contribution in [3.05, 3.63) is 97.4 Å². The quantitative estimate of drug-likeness (QED) is 0.436. The summed E-state index contributed by atoms with van der Waals surface area (Å²) in [6, 6.07) is 14.8. The third-order valence-electron chi connectivity index (χ3n) is 5.11. The molecule has 0 saturated carbocycles. The lowest BCUT2D eigenvalue weighted by Gasteiger charge is -2.16. The van der Waals surface area contributed by atoms with Gasteiger partial charge in [0.15, 0.2) is 0 Å². The maximum Gasteiger partial charge on any atom is 0.252 e. The van der Waals surface area contributed by atoms with Gasteiger partial charge in [-0.2, -0.15) is 0 Å². The molecule has 2 N–H and O–H groups in total. The van der Waals surface area contributed by atoms with Crippen LogP contribution in [-0.2, 0) is 0 Å². The molecule has 0 aliphatic carbocycles. The Balaban J connectivity index is 2.03. The Labute approximate surface area is 185 Å². The van der Waals surface area contributed by atoms with E-state index in [0.29, 0.717) is 57.1 Å². The minimum Gasteiger partial charge on any atom is -0.349 e. The summed E-state index contributed by atoms with van der Waals surface area (Å²) in [7, 11) is 0. The van der Waals surface area contributed by atoms with Gasteiger partial charge in [-0.3, -0.25) is 19.6 Å². The molecular formula is C26H22N4O2. The highest BCUT2D eigenvalue weighted by Crippen LogP contribution is 2.34. The molecule has 4 rings (SSSR count). The molecule has 32 heavy (non-hydrogen) atoms. The SMILES string of the molecule is C=CCNC(=O)c1c(-c2cnc3ccccc3c2C(=O)NCC=C)cnc2ccccc12. The summed E-state index contributed by atoms with van der Waals surface area (Å²) < 4.78 is 0. The van der Waals surface area contributed by atoms with Gasteiger partial charge < -0.3 is 10.6 Å². The van der Waals surface area contributed by atoms with Gasteiger partial charge in [0.1, 0.15) is 0 Å². The molecule has 0 bridgehead atoms. The zero-order valence-electron chi connectivity index (χ0n) is 17.5. The molecule has 6 heteroatoms. The van der Waals surface area contributed by atoms with E-state index >= 15 is 0 Å². The molecule has 0 spiro atoms. The highest BCUT2D eigenvalue weighted by atomic mass is 16.2. The fourth-order valence-corrected chi connectivity index (χ4v) is 3.69. The van der Waals surface area contributed by atoms with Gasteiger partial charge in [-0.05, 0) is 12.1 Å². The molecule has 2 heterocycles. The Hall–Kier alpha value is -4.32. The van der Waals surface area contributed by atoms with Crippen molar-refractivity contribution in [2.75, 3.05) is 13.1 Å². The number of nitrogens with zero attached hydrogens (tertiary/aromatic N) is 2. The Morgan fingerprint density at radius 3 is 1.53 bits per heavy atom. The number of hydrogen-bond donors (Lipinski definition) is 2. The van der Waals surface area contributed by atoms with Gasteiger partial charge in [0.05, 0.1) is 22.2 Å². The number of hydrogen-bond acceptors (Lipinski definition) is 4. The predicted molar refractivity (Wildman–Crippen MR) is 128 cm³/mol. The number of carbonyl (C=O) groups is 2. The molecule has 0 radical (unpaired) electrons. The van der Waals surface area contributed by atoms with E-state index in [-0.39, 0.29) is 11.8 Å². The summed E-state index contributed by atoms with van der Waals surface area (Å²) in [6.45, 7) is 7.98. The number of fused-ring (bicyclic) bond motifs is 2. The van der Waals surface area contributed by atoms with Crippen molar-refractivity contribution >= 4 is 33.6 Å². The Kier molecular flexibility index (Phi) is 6.03. The molecular weight excluding hydrogens is 400 g/mol. The van der Waals surface area contributed by atoms with E-state index in [0.717, 1.165) is 0 Å². The topological polar surface area (TPSA) is 84.0 Å². The molecule has 2 aromatic heterocycles. The number of benzene rings is 2. The molecule has 6 nitrogen and oxygen atoms in total. The summed E-state index contributed by atoms with van der Waals surface area (Å²) >= 11 is 0. The van der Waals surface area contributed by atoms with Crippen molar-refractivity contribution in [1.82, 2.24) is 20.6 Å². The van der Waals surface area contributed by atoms with E-state index < -0.39 is 0 Å². The number of aromatic nitrogens is 2. The minimum atomic E-state index is -0.274. The lowest BCUT2D eigenvalue weighted by molar-refractivity contribution is 0.0950. The highest BCUT2D eigenvalue weighted by Gasteiger charge is 2.23. The average Bonchev–Trinajstić information content (AvgIpc) is 2.84. The Bertz CT molecular complexity index is 1260. The number of para-hydroxylation sites is 2. The lowest BCUT2D eigenvalue weighted by Crippen LogP contribution is -2.26. The Morgan fingerprint density at radius 2 is 1.12 bits per heavy atom. The zero-order valence-corrected chi connectivity index (χ0v) is 17.5. The second kappa shape index (κ2) is 9.22. The van der Waals surface area contributed by atoms with Crippen molar-refractivity contribution in [2.24, 2.45) is 0 Å². The van der Waals surface area contributed by atoms with E-state index in [1.807, 2.05) is 48.5 Å². The van der Waals surface area contributed by atoms with Gasteiger partial charge in [-0.25, -0.2) is 0 Å². The summed E-state index contributed by atoms with van der Waals surface area (Å²) in [4.78, 5) is 35.5. The lowest BCUT2D eigenvalue weighted by atomic mass is 9.92. The van der Waals surface area contributed by atoms with Crippen LogP contribution in [0.5, 0.6) is 0 Å². The van der Waals surface area contributed by atoms with Crippen LogP contribution in [0.2, 0.25) is 0 Å². The van der Waals surface area contributed by atoms with Crippen LogP contribution in [0, 0.1) is 0 Å². The first kappa shape index (κ1) is 20.9. The van der Waals surface area contributed by atoms with Crippen LogP contribution < -0.4 is 10.6 Å². The number of carbonyl (C=O) groups excluding carboxylic acids is 2. The van der Waals surface area contributed by atoms with Crippen molar-refractivity contribution < 1.29 is 9.59 Å². The molecule has 0 aliphatic rings. The summed E-state index contributed by atoms with van der Waals surface area (Å²) in [5.74, 6) is -0.548. The fraction of sp³-hybridized carbons (Fsp3) is 0.0769. The average molecular weight is 422 g/mol. The molecule has 0 unspecified atom stereocenters. The van der Waals surface area contributed by atoms with Crippen LogP contribution in [-0.4, -0.2) is 34.9 Å². The van der Waals surface area contributed by atoms with Crippen LogP contribution in [0.3, 0.4) is 0 Å². The molecule has 2 aromatic carbocycles. The van der Waals surface area contributed by atoms with Crippen LogP contribution in [0.1, 0.15) is 20.7 Å². The van der Waals surface area contributed by atoms with Gasteiger partial charge in [0, 0.05) is 47.4 Å². The number of rotatable bonds is 7. The van der Waals surface area contributed by atoms with Crippen molar-refractivity contribution in [1.29, 1.82) is 0 Å². The summed E-state index contributed by atoms with van der Waals surface area (Å²) in [5.41, 5.74) is 3.32. The first-order valence-corrected chi connectivity index (χ1v) is 10.2. The molecule has 0 atom stereocenters. The van der Waals surface area contributed by atoms with E-state index in [1.165, 1.54) is 0 Å². The number of pyridine rings is 2. The molecule has 158 valence electrons. The molecule has 0 aliphatic heterocycles. The minimum absolute atomic E-state index is 0.274. The van der Waals surface area contributed by atoms with Gasteiger partial charge in [-0.15, -0.1) is 13.2 Å². The second-order valence-electron chi connectivity index (χ2n) is 7.13. The van der Waals surface area contributed by atoms with Crippen LogP contribution in [0.15, 0.2) is 86.2 Å². The van der Waals surface area contributed by atoms with E-state index in [2.05, 4.69) is 33.8 Å². The van der Waals surface area contributed by atoms with E-state index in [1.54, 1.807) is 24.5 Å². The van der Waals surface area contributed by atoms with Gasteiger partial charge in [-0.1, -0.05) is 48.6 Å². The van der Waals surface area contributed by atoms with Gasteiger partial charge in [0.2, 0.25) is 0 Å². The summed E-state index contributed by atoms with van der Waals surface area (Å²) in [6.07, 6.45) is 6.49. The third kappa shape index (κ3) is 3.86. The molecule has 2 amide bonds. The largest absolute Gasteiger partial charge is 0.349 e. The fourth-order valence-electron chi connectivity index (χ4n) is 3.69. The van der Waals surface area contributed by atoms with Crippen LogP contribution >= 0.6 is 0 Å². The predicted octanol–water partition coefficient (Wildman–Crippen LogP) is 4.28. The molecule has 4 aromatic rings. The Morgan fingerprint density at radius 1 is 0.719 bits per heavy atom. The van der Waals surface area contributed by atoms with E-state index in [9.17, 15) is 9.59 Å². The zero-order chi connectivity index (χ0) is 22.5. The number of amides is 2. The molecule has 0 fully saturated rings. The standard InChI is InChI=1S/C26H22N4O2/c1-3-13-27-25(31)23-17-9-5-7-11-21(17)29-15-19(23)20-16-30-22-12-8-6-10-18(22)24(20)26(32)28-14-4-2/h3-12,15-16H,1-2,13-14H2,(H,27,31)(H,28,32). The smallest absolute Gasteiger partial charge is 0.252 e. The second-order valence-corrected chi connectivity index (χ2v) is 7.13. The third-order valence-corrected chi connectivity index (χ3v) is 5.11. The van der Waals surface area contributed by atoms with Crippen LogP contribution in [0.4, 0.5) is 0 Å². The maximum absolute atomic E-state index is 13.2. The van der Waals surface area contributed by atoms with Gasteiger partial charge in [0.25, 0.3) is 11.8 Å². The van der Waals surface area contributed by atoms with Crippen LogP contribution in [0.25, 0.3) is 32.9 Å². The van der Waals surface area contributed by atoms with Crippen molar-refractivity contribution in [3.8, 4) is 11.1 Å². The monoisotopic (exact) mass is 422 g/mol. The van der Waals surface area contributed by atoms with Crippen molar-refractivity contribution in [2.45, 2.75) is 0 Å². The first-order valence-electron chi connectivity index (χ1n) is 10.2. The first-order chi connectivity index (χ1) is 15.7.